The van der Waals surface area contributed by atoms with Crippen molar-refractivity contribution in [1.29, 1.82) is 0 Å². The van der Waals surface area contributed by atoms with Crippen LogP contribution in [0.1, 0.15) is 43.5 Å². The van der Waals surface area contributed by atoms with Crippen LogP contribution in [0.25, 0.3) is 0 Å². The highest BCUT2D eigenvalue weighted by Crippen LogP contribution is 2.33. The summed E-state index contributed by atoms with van der Waals surface area (Å²) in [4.78, 5) is 33.1. The van der Waals surface area contributed by atoms with E-state index in [2.05, 4.69) is 36.3 Å². The first kappa shape index (κ1) is 19.6. The van der Waals surface area contributed by atoms with E-state index >= 15 is 0 Å². The number of amides is 2. The summed E-state index contributed by atoms with van der Waals surface area (Å²) in [7, 11) is 0. The molecule has 1 saturated heterocycles. The smallest absolute Gasteiger partial charge is 0.246 e. The van der Waals surface area contributed by atoms with Crippen LogP contribution in [0.4, 0.5) is 0 Å². The Morgan fingerprint density at radius 1 is 1.03 bits per heavy atom. The Labute approximate surface area is 172 Å². The number of hydrogen-bond acceptors (Lipinski definition) is 3. The second-order valence-electron chi connectivity index (χ2n) is 8.23. The van der Waals surface area contributed by atoms with Crippen molar-refractivity contribution in [2.45, 2.75) is 58.2 Å². The zero-order valence-electron chi connectivity index (χ0n) is 17.2. The predicted octanol–water partition coefficient (Wildman–Crippen LogP) is 3.13. The molecule has 1 aliphatic carbocycles. The van der Waals surface area contributed by atoms with Crippen LogP contribution < -0.4 is 5.32 Å². The first-order valence-electron chi connectivity index (χ1n) is 10.7. The molecule has 1 fully saturated rings. The molecular weight excluding hydrogens is 362 g/mol. The van der Waals surface area contributed by atoms with E-state index in [0.717, 1.165) is 31.4 Å². The number of hydrogen-bond donors (Lipinski definition) is 1. The maximum atomic E-state index is 13.6. The fourth-order valence-corrected chi connectivity index (χ4v) is 4.95. The molecule has 2 amide bonds. The molecule has 4 rings (SSSR count). The molecular formula is C24H29N3O2. The van der Waals surface area contributed by atoms with E-state index in [9.17, 15) is 9.59 Å². The minimum absolute atomic E-state index is 0.0183. The lowest BCUT2D eigenvalue weighted by molar-refractivity contribution is -0.154. The minimum Gasteiger partial charge on any atom is -0.342 e. The Morgan fingerprint density at radius 3 is 2.28 bits per heavy atom. The molecule has 2 atom stereocenters. The van der Waals surface area contributed by atoms with E-state index in [1.807, 2.05) is 30.3 Å². The van der Waals surface area contributed by atoms with Crippen molar-refractivity contribution in [3.8, 4) is 0 Å². The van der Waals surface area contributed by atoms with Gasteiger partial charge in [0.2, 0.25) is 11.8 Å². The fraction of sp³-hybridized carbons (Fsp3) is 0.458. The van der Waals surface area contributed by atoms with Crippen molar-refractivity contribution in [1.82, 2.24) is 15.2 Å². The van der Waals surface area contributed by atoms with Crippen molar-refractivity contribution in [2.24, 2.45) is 11.8 Å². The van der Waals surface area contributed by atoms with Gasteiger partial charge in [0, 0.05) is 6.20 Å². The summed E-state index contributed by atoms with van der Waals surface area (Å²) in [6, 6.07) is 13.1. The molecule has 0 radical (unpaired) electrons. The number of aromatic nitrogens is 1. The molecule has 0 bridgehead atoms. The molecule has 2 heterocycles. The van der Waals surface area contributed by atoms with Gasteiger partial charge < -0.3 is 10.2 Å². The Hall–Kier alpha value is -2.69. The number of nitrogens with one attached hydrogen (secondary N) is 1. The zero-order chi connectivity index (χ0) is 20.4. The second-order valence-corrected chi connectivity index (χ2v) is 8.23. The summed E-state index contributed by atoms with van der Waals surface area (Å²) < 4.78 is 0. The van der Waals surface area contributed by atoms with Gasteiger partial charge in [0.15, 0.2) is 0 Å². The van der Waals surface area contributed by atoms with Crippen LogP contribution in [0.3, 0.4) is 0 Å². The average Bonchev–Trinajstić information content (AvgIpc) is 3.18. The van der Waals surface area contributed by atoms with E-state index < -0.39 is 12.1 Å². The van der Waals surface area contributed by atoms with Gasteiger partial charge in [0.25, 0.3) is 0 Å². The Kier molecular flexibility index (Phi) is 5.65. The predicted molar refractivity (Wildman–Crippen MR) is 112 cm³/mol. The van der Waals surface area contributed by atoms with Crippen molar-refractivity contribution >= 4 is 11.8 Å². The van der Waals surface area contributed by atoms with Gasteiger partial charge in [-0.1, -0.05) is 57.0 Å². The highest BCUT2D eigenvalue weighted by atomic mass is 16.2. The van der Waals surface area contributed by atoms with E-state index in [1.165, 1.54) is 11.1 Å². The molecule has 1 N–H and O–H groups in total. The molecule has 29 heavy (non-hydrogen) atoms. The average molecular weight is 392 g/mol. The summed E-state index contributed by atoms with van der Waals surface area (Å²) in [6.07, 6.45) is 5.13. The first-order valence-corrected chi connectivity index (χ1v) is 10.7. The maximum absolute atomic E-state index is 13.6. The lowest BCUT2D eigenvalue weighted by Crippen LogP contribution is -2.66. The van der Waals surface area contributed by atoms with Crippen LogP contribution in [0, 0.1) is 11.8 Å². The molecule has 1 aromatic heterocycles. The molecule has 1 aromatic carbocycles. The minimum atomic E-state index is -0.468. The number of carbonyl (C=O) groups is 2. The maximum Gasteiger partial charge on any atom is 0.246 e. The summed E-state index contributed by atoms with van der Waals surface area (Å²) in [5.74, 6) is 0.266. The third kappa shape index (κ3) is 3.78. The van der Waals surface area contributed by atoms with E-state index in [-0.39, 0.29) is 23.7 Å². The van der Waals surface area contributed by atoms with E-state index in [1.54, 1.807) is 11.1 Å². The Balaban J connectivity index is 1.62. The highest BCUT2D eigenvalue weighted by molar-refractivity contribution is 5.97. The second kappa shape index (κ2) is 8.36. The molecule has 0 spiro atoms. The van der Waals surface area contributed by atoms with Crippen LogP contribution in [-0.2, 0) is 29.0 Å². The summed E-state index contributed by atoms with van der Waals surface area (Å²) >= 11 is 0. The number of piperazine rings is 1. The molecule has 2 aromatic rings. The van der Waals surface area contributed by atoms with Gasteiger partial charge in [-0.3, -0.25) is 14.6 Å². The highest BCUT2D eigenvalue weighted by Gasteiger charge is 2.46. The summed E-state index contributed by atoms with van der Waals surface area (Å²) in [6.45, 7) is 4.56. The summed E-state index contributed by atoms with van der Waals surface area (Å²) in [5.41, 5.74) is 3.40. The number of benzene rings is 1. The van der Waals surface area contributed by atoms with Crippen LogP contribution in [0.5, 0.6) is 0 Å². The molecule has 0 unspecified atom stereocenters. The normalized spacial score (nSPS) is 22.1. The zero-order valence-corrected chi connectivity index (χ0v) is 17.2. The van der Waals surface area contributed by atoms with E-state index in [0.29, 0.717) is 6.54 Å². The van der Waals surface area contributed by atoms with Crippen molar-refractivity contribution in [2.75, 3.05) is 0 Å². The van der Waals surface area contributed by atoms with Crippen molar-refractivity contribution in [3.63, 3.8) is 0 Å². The van der Waals surface area contributed by atoms with Gasteiger partial charge in [0.1, 0.15) is 12.1 Å². The van der Waals surface area contributed by atoms with Crippen LogP contribution in [0.15, 0.2) is 48.7 Å². The third-order valence-electron chi connectivity index (χ3n) is 6.56. The molecule has 1 aliphatic heterocycles. The van der Waals surface area contributed by atoms with Crippen LogP contribution in [0.2, 0.25) is 0 Å². The number of nitrogens with zero attached hydrogens (tertiary/aromatic N) is 2. The molecule has 5 heteroatoms. The molecule has 5 nitrogen and oxygen atoms in total. The van der Waals surface area contributed by atoms with Crippen molar-refractivity contribution in [3.05, 3.63) is 65.5 Å². The number of fused-ring (bicyclic) bond motifs is 1. The van der Waals surface area contributed by atoms with Crippen LogP contribution in [-0.4, -0.2) is 33.8 Å². The van der Waals surface area contributed by atoms with Crippen LogP contribution >= 0.6 is 0 Å². The largest absolute Gasteiger partial charge is 0.342 e. The molecule has 152 valence electrons. The standard InChI is InChI=1S/C24H29N3O2/c1-3-16(4-2)22-23(28)26-21(19-13-17-9-5-6-10-18(17)14-19)24(29)27(22)15-20-11-7-8-12-25-20/h5-12,16,19,21-22H,3-4,13-15H2,1-2H3,(H,26,28)/t21-,22-/m1/s1. The topological polar surface area (TPSA) is 62.3 Å². The SMILES string of the molecule is CCC(CC)[C@@H]1C(=O)N[C@H](C2Cc3ccccc3C2)C(=O)N1Cc1ccccn1. The lowest BCUT2D eigenvalue weighted by Gasteiger charge is -2.43. The molecule has 2 aliphatic rings. The summed E-state index contributed by atoms with van der Waals surface area (Å²) in [5, 5.41) is 3.11. The van der Waals surface area contributed by atoms with Gasteiger partial charge >= 0.3 is 0 Å². The quantitative estimate of drug-likeness (QED) is 0.823. The fourth-order valence-electron chi connectivity index (χ4n) is 4.95. The van der Waals surface area contributed by atoms with Crippen molar-refractivity contribution < 1.29 is 9.59 Å². The van der Waals surface area contributed by atoms with E-state index in [4.69, 9.17) is 0 Å². The van der Waals surface area contributed by atoms with Gasteiger partial charge in [-0.2, -0.15) is 0 Å². The Bertz CT molecular complexity index is 854. The molecule has 0 saturated carbocycles. The number of pyridine rings is 1. The third-order valence-corrected chi connectivity index (χ3v) is 6.56. The van der Waals surface area contributed by atoms with Gasteiger partial charge in [0.05, 0.1) is 12.2 Å². The number of carbonyl (C=O) groups excluding carboxylic acids is 2. The Morgan fingerprint density at radius 2 is 1.69 bits per heavy atom. The van der Waals surface area contributed by atoms with Gasteiger partial charge in [-0.25, -0.2) is 0 Å². The number of rotatable bonds is 6. The monoisotopic (exact) mass is 391 g/mol. The van der Waals surface area contributed by atoms with Gasteiger partial charge in [-0.05, 0) is 47.9 Å². The first-order chi connectivity index (χ1) is 14.1. The lowest BCUT2D eigenvalue weighted by atomic mass is 9.86. The van der Waals surface area contributed by atoms with Gasteiger partial charge in [-0.15, -0.1) is 0 Å².